The molecule has 2 aromatic carbocycles. The molecule has 0 bridgehead atoms. The van der Waals surface area contributed by atoms with E-state index in [4.69, 9.17) is 32.0 Å². The SMILES string of the molecule is Clc1ccc2c(c1)oc1cc3nc(Cl)oc3cc12. The summed E-state index contributed by atoms with van der Waals surface area (Å²) in [6, 6.07) is 9.24. The minimum atomic E-state index is 0.130. The molecule has 0 amide bonds. The number of rotatable bonds is 0. The van der Waals surface area contributed by atoms with Crippen molar-refractivity contribution in [2.75, 3.05) is 0 Å². The molecule has 18 heavy (non-hydrogen) atoms. The van der Waals surface area contributed by atoms with Crippen LogP contribution < -0.4 is 0 Å². The quantitative estimate of drug-likeness (QED) is 0.452. The normalized spacial score (nSPS) is 11.9. The van der Waals surface area contributed by atoms with E-state index in [1.807, 2.05) is 24.3 Å². The summed E-state index contributed by atoms with van der Waals surface area (Å²) < 4.78 is 11.0. The molecule has 88 valence electrons. The summed E-state index contributed by atoms with van der Waals surface area (Å²) in [6.45, 7) is 0. The summed E-state index contributed by atoms with van der Waals surface area (Å²) in [5.41, 5.74) is 2.81. The molecule has 0 aliphatic heterocycles. The minimum Gasteiger partial charge on any atom is -0.456 e. The van der Waals surface area contributed by atoms with Gasteiger partial charge in [0.05, 0.1) is 0 Å². The Balaban J connectivity index is 2.21. The molecular formula is C13H5Cl2NO2. The van der Waals surface area contributed by atoms with Crippen LogP contribution in [0.4, 0.5) is 0 Å². The Morgan fingerprint density at radius 2 is 1.67 bits per heavy atom. The van der Waals surface area contributed by atoms with Crippen molar-refractivity contribution in [1.29, 1.82) is 0 Å². The zero-order valence-corrected chi connectivity index (χ0v) is 10.4. The van der Waals surface area contributed by atoms with Gasteiger partial charge in [-0.25, -0.2) is 0 Å². The highest BCUT2D eigenvalue weighted by Crippen LogP contribution is 2.33. The van der Waals surface area contributed by atoms with Crippen molar-refractivity contribution < 1.29 is 8.83 Å². The number of benzene rings is 2. The first-order chi connectivity index (χ1) is 8.70. The van der Waals surface area contributed by atoms with Gasteiger partial charge in [0.1, 0.15) is 16.7 Å². The van der Waals surface area contributed by atoms with E-state index in [2.05, 4.69) is 4.98 Å². The smallest absolute Gasteiger partial charge is 0.293 e. The number of furan rings is 1. The first kappa shape index (κ1) is 10.2. The standard InChI is InChI=1S/C13H5Cl2NO2/c14-6-1-2-7-8-4-12-9(16-13(15)18-12)5-11(8)17-10(7)3-6/h1-5H. The molecule has 3 nitrogen and oxygen atoms in total. The van der Waals surface area contributed by atoms with Crippen LogP contribution in [0, 0.1) is 0 Å². The Morgan fingerprint density at radius 3 is 2.56 bits per heavy atom. The van der Waals surface area contributed by atoms with Crippen LogP contribution in [0.3, 0.4) is 0 Å². The van der Waals surface area contributed by atoms with Gasteiger partial charge in [-0.2, -0.15) is 4.98 Å². The molecule has 4 rings (SSSR count). The van der Waals surface area contributed by atoms with Crippen molar-refractivity contribution in [2.24, 2.45) is 0 Å². The van der Waals surface area contributed by atoms with Crippen molar-refractivity contribution in [3.63, 3.8) is 0 Å². The maximum absolute atomic E-state index is 5.94. The molecule has 0 spiro atoms. The average molecular weight is 278 g/mol. The summed E-state index contributed by atoms with van der Waals surface area (Å²) in [5, 5.41) is 2.72. The second-order valence-corrected chi connectivity index (χ2v) is 4.79. The van der Waals surface area contributed by atoms with Crippen molar-refractivity contribution in [3.05, 3.63) is 40.7 Å². The summed E-state index contributed by atoms with van der Waals surface area (Å²) in [7, 11) is 0. The van der Waals surface area contributed by atoms with Crippen LogP contribution in [0.1, 0.15) is 0 Å². The molecule has 5 heteroatoms. The number of nitrogens with zero attached hydrogens (tertiary/aromatic N) is 1. The average Bonchev–Trinajstić information content (AvgIpc) is 2.83. The van der Waals surface area contributed by atoms with Gasteiger partial charge in [0, 0.05) is 27.9 Å². The maximum atomic E-state index is 5.94. The number of halogens is 2. The van der Waals surface area contributed by atoms with Crippen molar-refractivity contribution in [1.82, 2.24) is 4.98 Å². The van der Waals surface area contributed by atoms with Gasteiger partial charge in [-0.3, -0.25) is 0 Å². The highest BCUT2D eigenvalue weighted by atomic mass is 35.5. The zero-order chi connectivity index (χ0) is 12.3. The third-order valence-electron chi connectivity index (χ3n) is 2.92. The monoisotopic (exact) mass is 277 g/mol. The summed E-state index contributed by atoms with van der Waals surface area (Å²) in [6.07, 6.45) is 0. The lowest BCUT2D eigenvalue weighted by atomic mass is 10.1. The zero-order valence-electron chi connectivity index (χ0n) is 8.91. The first-order valence-corrected chi connectivity index (χ1v) is 6.04. The van der Waals surface area contributed by atoms with Crippen LogP contribution in [0.5, 0.6) is 0 Å². The van der Waals surface area contributed by atoms with E-state index < -0.39 is 0 Å². The molecule has 2 aromatic heterocycles. The molecule has 0 atom stereocenters. The summed E-state index contributed by atoms with van der Waals surface area (Å²) >= 11 is 11.7. The van der Waals surface area contributed by atoms with Crippen LogP contribution in [-0.4, -0.2) is 4.98 Å². The topological polar surface area (TPSA) is 39.2 Å². The number of fused-ring (bicyclic) bond motifs is 4. The van der Waals surface area contributed by atoms with Gasteiger partial charge in [-0.05, 0) is 29.8 Å². The van der Waals surface area contributed by atoms with Crippen LogP contribution in [0.15, 0.2) is 39.2 Å². The van der Waals surface area contributed by atoms with E-state index in [0.29, 0.717) is 16.1 Å². The van der Waals surface area contributed by atoms with E-state index in [-0.39, 0.29) is 5.35 Å². The second kappa shape index (κ2) is 3.40. The van der Waals surface area contributed by atoms with E-state index in [0.717, 1.165) is 21.9 Å². The van der Waals surface area contributed by atoms with E-state index >= 15 is 0 Å². The summed E-state index contributed by atoms with van der Waals surface area (Å²) in [5.74, 6) is 0. The molecular weight excluding hydrogens is 273 g/mol. The van der Waals surface area contributed by atoms with Crippen molar-refractivity contribution in [3.8, 4) is 0 Å². The molecule has 0 fully saturated rings. The molecule has 4 aromatic rings. The molecule has 0 aliphatic carbocycles. The second-order valence-electron chi connectivity index (χ2n) is 4.03. The Bertz CT molecular complexity index is 907. The number of hydrogen-bond acceptors (Lipinski definition) is 3. The Morgan fingerprint density at radius 1 is 0.833 bits per heavy atom. The lowest BCUT2D eigenvalue weighted by Gasteiger charge is -1.89. The van der Waals surface area contributed by atoms with Crippen molar-refractivity contribution >= 4 is 56.2 Å². The highest BCUT2D eigenvalue weighted by Gasteiger charge is 2.11. The number of hydrogen-bond donors (Lipinski definition) is 0. The molecule has 0 aliphatic rings. The molecule has 0 saturated heterocycles. The minimum absolute atomic E-state index is 0.130. The third-order valence-corrected chi connectivity index (χ3v) is 3.31. The lowest BCUT2D eigenvalue weighted by Crippen LogP contribution is -1.69. The molecule has 0 unspecified atom stereocenters. The Hall–Kier alpha value is -1.71. The van der Waals surface area contributed by atoms with Gasteiger partial charge in [0.2, 0.25) is 0 Å². The van der Waals surface area contributed by atoms with Crippen LogP contribution in [-0.2, 0) is 0 Å². The highest BCUT2D eigenvalue weighted by molar-refractivity contribution is 6.31. The van der Waals surface area contributed by atoms with Crippen LogP contribution in [0.25, 0.3) is 33.0 Å². The summed E-state index contributed by atoms with van der Waals surface area (Å²) in [4.78, 5) is 4.06. The molecule has 0 N–H and O–H groups in total. The van der Waals surface area contributed by atoms with E-state index in [9.17, 15) is 0 Å². The fourth-order valence-corrected chi connectivity index (χ4v) is 2.48. The molecule has 0 saturated carbocycles. The Labute approximate surface area is 111 Å². The predicted octanol–water partition coefficient (Wildman–Crippen LogP) is 5.03. The fraction of sp³-hybridized carbons (Fsp3) is 0. The Kier molecular flexibility index (Phi) is 1.93. The number of oxazole rings is 1. The molecule has 0 radical (unpaired) electrons. The maximum Gasteiger partial charge on any atom is 0.293 e. The van der Waals surface area contributed by atoms with E-state index in [1.165, 1.54) is 0 Å². The van der Waals surface area contributed by atoms with Gasteiger partial charge in [-0.15, -0.1) is 0 Å². The van der Waals surface area contributed by atoms with Crippen LogP contribution in [0.2, 0.25) is 10.4 Å². The molecule has 2 heterocycles. The predicted molar refractivity (Wildman–Crippen MR) is 71.3 cm³/mol. The van der Waals surface area contributed by atoms with Gasteiger partial charge >= 0.3 is 0 Å². The van der Waals surface area contributed by atoms with Crippen molar-refractivity contribution in [2.45, 2.75) is 0 Å². The van der Waals surface area contributed by atoms with Gasteiger partial charge in [0.25, 0.3) is 5.35 Å². The largest absolute Gasteiger partial charge is 0.456 e. The van der Waals surface area contributed by atoms with Gasteiger partial charge in [-0.1, -0.05) is 11.6 Å². The third kappa shape index (κ3) is 1.35. The van der Waals surface area contributed by atoms with E-state index in [1.54, 1.807) is 6.07 Å². The fourth-order valence-electron chi connectivity index (χ4n) is 2.14. The first-order valence-electron chi connectivity index (χ1n) is 5.28. The van der Waals surface area contributed by atoms with Gasteiger partial charge in [0.15, 0.2) is 5.58 Å². The van der Waals surface area contributed by atoms with Crippen LogP contribution >= 0.6 is 23.2 Å². The van der Waals surface area contributed by atoms with Gasteiger partial charge < -0.3 is 8.83 Å². The number of aromatic nitrogens is 1. The lowest BCUT2D eigenvalue weighted by molar-refractivity contribution is 0.605.